The fourth-order valence-corrected chi connectivity index (χ4v) is 3.56. The fraction of sp³-hybridized carbons (Fsp3) is 1.00. The highest BCUT2D eigenvalue weighted by molar-refractivity contribution is 4.84. The van der Waals surface area contributed by atoms with Gasteiger partial charge >= 0.3 is 0 Å². The molecule has 1 aliphatic heterocycles. The molecule has 20 heavy (non-hydrogen) atoms. The van der Waals surface area contributed by atoms with Crippen molar-refractivity contribution in [3.05, 3.63) is 0 Å². The van der Waals surface area contributed by atoms with E-state index in [4.69, 9.17) is 0 Å². The number of rotatable bonds is 8. The van der Waals surface area contributed by atoms with Gasteiger partial charge in [-0.05, 0) is 52.1 Å². The zero-order valence-electron chi connectivity index (χ0n) is 14.1. The van der Waals surface area contributed by atoms with Gasteiger partial charge in [0, 0.05) is 17.6 Å². The van der Waals surface area contributed by atoms with Crippen molar-refractivity contribution in [1.29, 1.82) is 0 Å². The van der Waals surface area contributed by atoms with Gasteiger partial charge in [-0.15, -0.1) is 0 Å². The summed E-state index contributed by atoms with van der Waals surface area (Å²) in [5, 5.41) is 13.2. The lowest BCUT2D eigenvalue weighted by molar-refractivity contribution is 0.139. The largest absolute Gasteiger partial charge is 0.394 e. The lowest BCUT2D eigenvalue weighted by atomic mass is 9.95. The third-order valence-electron chi connectivity index (χ3n) is 4.63. The van der Waals surface area contributed by atoms with Gasteiger partial charge in [-0.3, -0.25) is 0 Å². The summed E-state index contributed by atoms with van der Waals surface area (Å²) in [6.45, 7) is 11.4. The summed E-state index contributed by atoms with van der Waals surface area (Å²) in [5.74, 6) is 0. The molecule has 0 aromatic carbocycles. The van der Waals surface area contributed by atoms with Crippen molar-refractivity contribution in [2.24, 2.45) is 0 Å². The Hall–Kier alpha value is -0.120. The molecular formula is C17H36N2O. The molecule has 1 saturated heterocycles. The second kappa shape index (κ2) is 9.01. The Morgan fingerprint density at radius 1 is 1.30 bits per heavy atom. The molecular weight excluding hydrogens is 248 g/mol. The topological polar surface area (TPSA) is 35.5 Å². The summed E-state index contributed by atoms with van der Waals surface area (Å²) in [4.78, 5) is 2.69. The van der Waals surface area contributed by atoms with Crippen molar-refractivity contribution in [3.63, 3.8) is 0 Å². The molecule has 0 aliphatic carbocycles. The first-order valence-electron chi connectivity index (χ1n) is 8.63. The highest BCUT2D eigenvalue weighted by Gasteiger charge is 2.25. The maximum absolute atomic E-state index is 9.64. The summed E-state index contributed by atoms with van der Waals surface area (Å²) in [6.07, 6.45) is 9.04. The van der Waals surface area contributed by atoms with Crippen molar-refractivity contribution in [2.45, 2.75) is 90.3 Å². The number of hydrogen-bond acceptors (Lipinski definition) is 3. The number of nitrogens with one attached hydrogen (secondary N) is 1. The van der Waals surface area contributed by atoms with Crippen LogP contribution in [0.2, 0.25) is 0 Å². The molecule has 3 heteroatoms. The number of nitrogens with zero attached hydrogens (tertiary/aromatic N) is 1. The minimum atomic E-state index is -0.123. The van der Waals surface area contributed by atoms with Gasteiger partial charge in [-0.1, -0.05) is 33.6 Å². The van der Waals surface area contributed by atoms with E-state index in [0.717, 1.165) is 12.5 Å². The van der Waals surface area contributed by atoms with E-state index in [1.807, 2.05) is 0 Å². The van der Waals surface area contributed by atoms with Gasteiger partial charge in [0.1, 0.15) is 0 Å². The van der Waals surface area contributed by atoms with Gasteiger partial charge in [0.05, 0.1) is 6.61 Å². The molecule has 2 unspecified atom stereocenters. The van der Waals surface area contributed by atoms with Crippen molar-refractivity contribution in [1.82, 2.24) is 10.2 Å². The molecule has 1 heterocycles. The van der Waals surface area contributed by atoms with Crippen LogP contribution in [0.5, 0.6) is 0 Å². The molecule has 120 valence electrons. The van der Waals surface area contributed by atoms with Crippen molar-refractivity contribution in [2.75, 3.05) is 19.7 Å². The van der Waals surface area contributed by atoms with Gasteiger partial charge in [0.25, 0.3) is 0 Å². The molecule has 1 aliphatic rings. The maximum atomic E-state index is 9.64. The van der Waals surface area contributed by atoms with Crippen LogP contribution in [0.1, 0.15) is 72.6 Å². The highest BCUT2D eigenvalue weighted by Crippen LogP contribution is 2.21. The molecule has 0 spiro atoms. The minimum absolute atomic E-state index is 0.123. The van der Waals surface area contributed by atoms with E-state index in [-0.39, 0.29) is 12.1 Å². The number of hydrogen-bond donors (Lipinski definition) is 2. The van der Waals surface area contributed by atoms with Gasteiger partial charge in [0.2, 0.25) is 0 Å². The molecule has 3 nitrogen and oxygen atoms in total. The Kier molecular flexibility index (Phi) is 8.08. The lowest BCUT2D eigenvalue weighted by Gasteiger charge is -2.34. The second-order valence-corrected chi connectivity index (χ2v) is 7.07. The summed E-state index contributed by atoms with van der Waals surface area (Å²) in [5.41, 5.74) is -0.123. The first-order valence-corrected chi connectivity index (χ1v) is 8.63. The molecule has 0 aromatic heterocycles. The number of aliphatic hydroxyl groups is 1. The van der Waals surface area contributed by atoms with Gasteiger partial charge in [0.15, 0.2) is 0 Å². The Labute approximate surface area is 126 Å². The van der Waals surface area contributed by atoms with Crippen LogP contribution in [0, 0.1) is 0 Å². The molecule has 2 atom stereocenters. The molecule has 1 rings (SSSR count). The first-order chi connectivity index (χ1) is 9.50. The predicted octanol–water partition coefficient (Wildman–Crippen LogP) is 3.17. The second-order valence-electron chi connectivity index (χ2n) is 7.07. The SMILES string of the molecule is CCC1CCCCCN1CCCC(C)(CO)NC(C)C. The van der Waals surface area contributed by atoms with Crippen LogP contribution in [-0.2, 0) is 0 Å². The van der Waals surface area contributed by atoms with Gasteiger partial charge in [-0.2, -0.15) is 0 Å². The molecule has 1 fully saturated rings. The van der Waals surface area contributed by atoms with Gasteiger partial charge < -0.3 is 15.3 Å². The Bertz CT molecular complexity index is 257. The van der Waals surface area contributed by atoms with E-state index in [0.29, 0.717) is 6.04 Å². The third-order valence-corrected chi connectivity index (χ3v) is 4.63. The van der Waals surface area contributed by atoms with E-state index in [1.54, 1.807) is 0 Å². The predicted molar refractivity (Wildman–Crippen MR) is 87.1 cm³/mol. The normalized spacial score (nSPS) is 24.6. The fourth-order valence-electron chi connectivity index (χ4n) is 3.56. The first kappa shape index (κ1) is 17.9. The monoisotopic (exact) mass is 284 g/mol. The molecule has 2 N–H and O–H groups in total. The van der Waals surface area contributed by atoms with Crippen LogP contribution >= 0.6 is 0 Å². The summed E-state index contributed by atoms with van der Waals surface area (Å²) < 4.78 is 0. The van der Waals surface area contributed by atoms with E-state index < -0.39 is 0 Å². The van der Waals surface area contributed by atoms with E-state index in [2.05, 4.69) is 37.9 Å². The van der Waals surface area contributed by atoms with Crippen LogP contribution < -0.4 is 5.32 Å². The molecule has 0 bridgehead atoms. The minimum Gasteiger partial charge on any atom is -0.394 e. The molecule has 0 amide bonds. The van der Waals surface area contributed by atoms with Crippen LogP contribution in [-0.4, -0.2) is 47.3 Å². The van der Waals surface area contributed by atoms with Crippen molar-refractivity contribution < 1.29 is 5.11 Å². The van der Waals surface area contributed by atoms with Crippen LogP contribution in [0.25, 0.3) is 0 Å². The smallest absolute Gasteiger partial charge is 0.0610 e. The maximum Gasteiger partial charge on any atom is 0.0610 e. The summed E-state index contributed by atoms with van der Waals surface area (Å²) in [7, 11) is 0. The zero-order valence-corrected chi connectivity index (χ0v) is 14.1. The van der Waals surface area contributed by atoms with Crippen LogP contribution in [0.3, 0.4) is 0 Å². The number of aliphatic hydroxyl groups excluding tert-OH is 1. The standard InChI is InChI=1S/C17H36N2O/c1-5-16-10-7-6-8-12-19(16)13-9-11-17(4,14-20)18-15(2)3/h15-16,18,20H,5-14H2,1-4H3. The van der Waals surface area contributed by atoms with Crippen molar-refractivity contribution in [3.8, 4) is 0 Å². The third kappa shape index (κ3) is 6.11. The Morgan fingerprint density at radius 3 is 2.65 bits per heavy atom. The summed E-state index contributed by atoms with van der Waals surface area (Å²) in [6, 6.07) is 1.21. The average molecular weight is 284 g/mol. The Balaban J connectivity index is 2.40. The quantitative estimate of drug-likeness (QED) is 0.718. The van der Waals surface area contributed by atoms with Crippen LogP contribution in [0.15, 0.2) is 0 Å². The van der Waals surface area contributed by atoms with E-state index >= 15 is 0 Å². The zero-order chi connectivity index (χ0) is 15.0. The molecule has 0 saturated carbocycles. The van der Waals surface area contributed by atoms with Gasteiger partial charge in [-0.25, -0.2) is 0 Å². The molecule has 0 radical (unpaired) electrons. The lowest BCUT2D eigenvalue weighted by Crippen LogP contribution is -2.49. The highest BCUT2D eigenvalue weighted by atomic mass is 16.3. The summed E-state index contributed by atoms with van der Waals surface area (Å²) >= 11 is 0. The molecule has 0 aromatic rings. The van der Waals surface area contributed by atoms with E-state index in [9.17, 15) is 5.11 Å². The van der Waals surface area contributed by atoms with E-state index in [1.165, 1.54) is 51.6 Å². The van der Waals surface area contributed by atoms with Crippen LogP contribution in [0.4, 0.5) is 0 Å². The van der Waals surface area contributed by atoms with Crippen molar-refractivity contribution >= 4 is 0 Å². The Morgan fingerprint density at radius 2 is 2.05 bits per heavy atom. The average Bonchev–Trinajstić information content (AvgIpc) is 2.63. The number of likely N-dealkylation sites (tertiary alicyclic amines) is 1.